The van der Waals surface area contributed by atoms with Crippen LogP contribution >= 0.6 is 11.3 Å². The number of nitrogens with one attached hydrogen (secondary N) is 2. The zero-order valence-electron chi connectivity index (χ0n) is 12.6. The van der Waals surface area contributed by atoms with Crippen LogP contribution in [0.25, 0.3) is 10.4 Å². The first-order valence-corrected chi connectivity index (χ1v) is 8.75. The summed E-state index contributed by atoms with van der Waals surface area (Å²) in [7, 11) is 0. The topological polar surface area (TPSA) is 41.1 Å². The molecule has 2 bridgehead atoms. The molecule has 1 aromatic carbocycles. The summed E-state index contributed by atoms with van der Waals surface area (Å²) in [4.78, 5) is 14.6. The van der Waals surface area contributed by atoms with Crippen molar-refractivity contribution in [1.29, 1.82) is 0 Å². The predicted octanol–water partition coefficient (Wildman–Crippen LogP) is 3.35. The van der Waals surface area contributed by atoms with E-state index < -0.39 is 0 Å². The van der Waals surface area contributed by atoms with Gasteiger partial charge in [-0.3, -0.25) is 4.79 Å². The number of amides is 1. The lowest BCUT2D eigenvalue weighted by Crippen LogP contribution is -2.42. The smallest absolute Gasteiger partial charge is 0.261 e. The van der Waals surface area contributed by atoms with Crippen LogP contribution in [0.4, 0.5) is 0 Å². The van der Waals surface area contributed by atoms with Gasteiger partial charge in [0.05, 0.1) is 4.88 Å². The van der Waals surface area contributed by atoms with E-state index in [-0.39, 0.29) is 5.91 Å². The molecule has 2 saturated heterocycles. The van der Waals surface area contributed by atoms with Crippen LogP contribution in [-0.2, 0) is 0 Å². The number of fused-ring (bicyclic) bond motifs is 2. The Hall–Kier alpha value is -1.65. The Balaban J connectivity index is 1.52. The van der Waals surface area contributed by atoms with Crippen LogP contribution in [0.5, 0.6) is 0 Å². The molecule has 3 nitrogen and oxygen atoms in total. The Kier molecular flexibility index (Phi) is 3.51. The first kappa shape index (κ1) is 14.0. The zero-order valence-corrected chi connectivity index (χ0v) is 13.5. The van der Waals surface area contributed by atoms with Gasteiger partial charge in [0.15, 0.2) is 0 Å². The molecule has 114 valence electrons. The van der Waals surface area contributed by atoms with Crippen molar-refractivity contribution in [1.82, 2.24) is 10.6 Å². The molecule has 2 aliphatic rings. The van der Waals surface area contributed by atoms with Crippen LogP contribution in [-0.4, -0.2) is 24.0 Å². The minimum Gasteiger partial charge on any atom is -0.347 e. The van der Waals surface area contributed by atoms with Gasteiger partial charge in [0.25, 0.3) is 5.91 Å². The number of hydrogen-bond donors (Lipinski definition) is 2. The summed E-state index contributed by atoms with van der Waals surface area (Å²) in [5.74, 6) is 0.0784. The van der Waals surface area contributed by atoms with Crippen LogP contribution < -0.4 is 10.6 Å². The minimum absolute atomic E-state index is 0.0784. The predicted molar refractivity (Wildman–Crippen MR) is 90.3 cm³/mol. The summed E-state index contributed by atoms with van der Waals surface area (Å²) in [6.07, 6.45) is 3.52. The summed E-state index contributed by atoms with van der Waals surface area (Å²) in [6.45, 7) is 2.08. The first-order valence-electron chi connectivity index (χ1n) is 7.93. The van der Waals surface area contributed by atoms with Gasteiger partial charge < -0.3 is 10.6 Å². The number of thiophene rings is 1. The highest BCUT2D eigenvalue weighted by atomic mass is 32.1. The molecule has 0 unspecified atom stereocenters. The molecular formula is C18H20N2OS. The largest absolute Gasteiger partial charge is 0.347 e. The van der Waals surface area contributed by atoms with Crippen LogP contribution in [0.2, 0.25) is 0 Å². The molecule has 1 amide bonds. The molecule has 4 rings (SSSR count). The van der Waals surface area contributed by atoms with Crippen molar-refractivity contribution in [2.45, 2.75) is 44.3 Å². The summed E-state index contributed by atoms with van der Waals surface area (Å²) in [6, 6.07) is 13.7. The molecule has 3 heterocycles. The lowest BCUT2D eigenvalue weighted by atomic mass is 9.95. The van der Waals surface area contributed by atoms with E-state index >= 15 is 0 Å². The fourth-order valence-electron chi connectivity index (χ4n) is 3.69. The molecule has 2 fully saturated rings. The Morgan fingerprint density at radius 2 is 2.09 bits per heavy atom. The third-order valence-corrected chi connectivity index (χ3v) is 6.08. The van der Waals surface area contributed by atoms with Crippen LogP contribution in [0, 0.1) is 6.92 Å². The zero-order chi connectivity index (χ0) is 15.1. The second-order valence-electron chi connectivity index (χ2n) is 6.35. The van der Waals surface area contributed by atoms with Gasteiger partial charge in [0.1, 0.15) is 0 Å². The van der Waals surface area contributed by atoms with E-state index in [9.17, 15) is 4.79 Å². The van der Waals surface area contributed by atoms with E-state index in [0.29, 0.717) is 18.1 Å². The average Bonchev–Trinajstić information content (AvgIpc) is 3.23. The summed E-state index contributed by atoms with van der Waals surface area (Å²) in [5.41, 5.74) is 2.36. The molecular weight excluding hydrogens is 292 g/mol. The van der Waals surface area contributed by atoms with E-state index in [1.165, 1.54) is 28.8 Å². The van der Waals surface area contributed by atoms with E-state index in [1.54, 1.807) is 11.3 Å². The van der Waals surface area contributed by atoms with Crippen molar-refractivity contribution in [3.05, 3.63) is 46.8 Å². The normalized spacial score (nSPS) is 26.3. The lowest BCUT2D eigenvalue weighted by molar-refractivity contribution is 0.0935. The van der Waals surface area contributed by atoms with Crippen molar-refractivity contribution in [2.75, 3.05) is 0 Å². The monoisotopic (exact) mass is 312 g/mol. The summed E-state index contributed by atoms with van der Waals surface area (Å²) in [5, 5.41) is 6.79. The van der Waals surface area contributed by atoms with Gasteiger partial charge in [0.2, 0.25) is 0 Å². The SMILES string of the molecule is Cc1cc(C(=O)N[C@@H]2C[C@H]3CC[C@@H]2N3)sc1-c1ccccc1. The number of carbonyl (C=O) groups excluding carboxylic acids is 1. The van der Waals surface area contributed by atoms with Gasteiger partial charge in [0, 0.05) is 23.0 Å². The van der Waals surface area contributed by atoms with E-state index in [4.69, 9.17) is 0 Å². The van der Waals surface area contributed by atoms with Crippen molar-refractivity contribution < 1.29 is 4.79 Å². The van der Waals surface area contributed by atoms with Crippen molar-refractivity contribution in [3.63, 3.8) is 0 Å². The molecule has 0 radical (unpaired) electrons. The van der Waals surface area contributed by atoms with Gasteiger partial charge in [-0.1, -0.05) is 30.3 Å². The maximum atomic E-state index is 12.5. The molecule has 3 atom stereocenters. The summed E-state index contributed by atoms with van der Waals surface area (Å²) < 4.78 is 0. The van der Waals surface area contributed by atoms with Crippen LogP contribution in [0.1, 0.15) is 34.5 Å². The minimum atomic E-state index is 0.0784. The van der Waals surface area contributed by atoms with E-state index in [1.807, 2.05) is 24.3 Å². The summed E-state index contributed by atoms with van der Waals surface area (Å²) >= 11 is 1.59. The second kappa shape index (κ2) is 5.52. The van der Waals surface area contributed by atoms with Gasteiger partial charge in [-0.05, 0) is 43.4 Å². The number of aryl methyl sites for hydroxylation is 1. The molecule has 0 spiro atoms. The lowest BCUT2D eigenvalue weighted by Gasteiger charge is -2.20. The Bertz CT molecular complexity index is 694. The highest BCUT2D eigenvalue weighted by Crippen LogP contribution is 2.33. The molecule has 4 heteroatoms. The van der Waals surface area contributed by atoms with E-state index in [2.05, 4.69) is 29.7 Å². The standard InChI is InChI=1S/C18H20N2OS/c1-11-9-16(22-17(11)12-5-3-2-4-6-12)18(21)20-15-10-13-7-8-14(15)19-13/h2-6,9,13-15,19H,7-8,10H2,1H3,(H,20,21)/t13-,14+,15-/m1/s1. The molecule has 1 aromatic heterocycles. The molecule has 0 aliphatic carbocycles. The molecule has 2 N–H and O–H groups in total. The van der Waals surface area contributed by atoms with Crippen molar-refractivity contribution >= 4 is 17.2 Å². The molecule has 0 saturated carbocycles. The number of rotatable bonds is 3. The van der Waals surface area contributed by atoms with Gasteiger partial charge >= 0.3 is 0 Å². The Morgan fingerprint density at radius 1 is 1.27 bits per heavy atom. The average molecular weight is 312 g/mol. The Labute approximate surface area is 134 Å². The van der Waals surface area contributed by atoms with Crippen molar-refractivity contribution in [2.24, 2.45) is 0 Å². The maximum absolute atomic E-state index is 12.5. The third kappa shape index (κ3) is 2.46. The maximum Gasteiger partial charge on any atom is 0.261 e. The highest BCUT2D eigenvalue weighted by molar-refractivity contribution is 7.17. The fraction of sp³-hybridized carbons (Fsp3) is 0.389. The molecule has 22 heavy (non-hydrogen) atoms. The third-order valence-electron chi connectivity index (χ3n) is 4.79. The second-order valence-corrected chi connectivity index (χ2v) is 7.40. The quantitative estimate of drug-likeness (QED) is 0.912. The van der Waals surface area contributed by atoms with Crippen LogP contribution in [0.15, 0.2) is 36.4 Å². The van der Waals surface area contributed by atoms with Crippen LogP contribution in [0.3, 0.4) is 0 Å². The van der Waals surface area contributed by atoms with Crippen molar-refractivity contribution in [3.8, 4) is 10.4 Å². The Morgan fingerprint density at radius 3 is 2.77 bits per heavy atom. The highest BCUT2D eigenvalue weighted by Gasteiger charge is 2.39. The van der Waals surface area contributed by atoms with Gasteiger partial charge in [-0.25, -0.2) is 0 Å². The molecule has 2 aromatic rings. The van der Waals surface area contributed by atoms with Gasteiger partial charge in [-0.2, -0.15) is 0 Å². The fourth-order valence-corrected chi connectivity index (χ4v) is 4.77. The number of hydrogen-bond acceptors (Lipinski definition) is 3. The first-order chi connectivity index (χ1) is 10.7. The number of carbonyl (C=O) groups is 1. The molecule has 2 aliphatic heterocycles. The van der Waals surface area contributed by atoms with E-state index in [0.717, 1.165) is 11.3 Å². The van der Waals surface area contributed by atoms with Gasteiger partial charge in [-0.15, -0.1) is 11.3 Å². The number of benzene rings is 1.